The summed E-state index contributed by atoms with van der Waals surface area (Å²) in [6.45, 7) is 2.01. The zero-order chi connectivity index (χ0) is 7.86. The summed E-state index contributed by atoms with van der Waals surface area (Å²) < 4.78 is 0. The van der Waals surface area contributed by atoms with Gasteiger partial charge in [0, 0.05) is 6.54 Å². The Bertz CT molecular complexity index is 48.3. The van der Waals surface area contributed by atoms with Gasteiger partial charge in [0.1, 0.15) is 0 Å². The number of rotatable bonds is 1. The van der Waals surface area contributed by atoms with Gasteiger partial charge < -0.3 is 25.9 Å². The molecule has 1 unspecified atom stereocenters. The highest BCUT2D eigenvalue weighted by Gasteiger charge is 1.92. The Kier molecular flexibility index (Phi) is 10.2. The minimum atomic E-state index is -2.17. The summed E-state index contributed by atoms with van der Waals surface area (Å²) in [4.78, 5) is 0. The maximum absolute atomic E-state index is 8.24. The lowest BCUT2D eigenvalue weighted by Crippen LogP contribution is -2.14. The van der Waals surface area contributed by atoms with Gasteiger partial charge in [0.15, 0.2) is 0 Å². The molecule has 6 heteroatoms. The van der Waals surface area contributed by atoms with Gasteiger partial charge in [0.05, 0.1) is 6.10 Å². The monoisotopic (exact) mass is 137 g/mol. The highest BCUT2D eigenvalue weighted by atomic mass is 16.5. The SMILES string of the molecule is CC(O)CN.OB(O)O. The normalized spacial score (nSPS) is 11.3. The summed E-state index contributed by atoms with van der Waals surface area (Å²) >= 11 is 0. The number of hydrogen-bond acceptors (Lipinski definition) is 5. The number of hydrogen-bond donors (Lipinski definition) is 5. The minimum Gasteiger partial charge on any atom is -0.402 e. The summed E-state index contributed by atoms with van der Waals surface area (Å²) in [5.41, 5.74) is 4.92. The Hall–Kier alpha value is -0.135. The Balaban J connectivity index is 0. The van der Waals surface area contributed by atoms with Crippen molar-refractivity contribution in [3.8, 4) is 0 Å². The third-order valence-electron chi connectivity index (χ3n) is 0.341. The van der Waals surface area contributed by atoms with Crippen LogP contribution in [-0.2, 0) is 0 Å². The van der Waals surface area contributed by atoms with Gasteiger partial charge in [-0.3, -0.25) is 0 Å². The molecule has 6 N–H and O–H groups in total. The summed E-state index contributed by atoms with van der Waals surface area (Å²) in [7, 11) is -2.17. The first-order chi connectivity index (χ1) is 4.00. The van der Waals surface area contributed by atoms with Crippen LogP contribution in [0.2, 0.25) is 0 Å². The number of aliphatic hydroxyl groups excluding tert-OH is 1. The average molecular weight is 137 g/mol. The van der Waals surface area contributed by atoms with Crippen molar-refractivity contribution in [3.63, 3.8) is 0 Å². The predicted molar refractivity (Wildman–Crippen MR) is 33.1 cm³/mol. The van der Waals surface area contributed by atoms with E-state index in [1.807, 2.05) is 0 Å². The number of nitrogens with two attached hydrogens (primary N) is 1. The molecule has 0 aliphatic rings. The van der Waals surface area contributed by atoms with Crippen LogP contribution in [0.1, 0.15) is 6.92 Å². The molecule has 0 saturated heterocycles. The predicted octanol–water partition coefficient (Wildman–Crippen LogP) is -2.73. The van der Waals surface area contributed by atoms with Crippen LogP contribution in [0, 0.1) is 0 Å². The second kappa shape index (κ2) is 7.86. The molecule has 0 aromatic heterocycles. The van der Waals surface area contributed by atoms with Gasteiger partial charge in [-0.2, -0.15) is 0 Å². The maximum atomic E-state index is 8.24. The van der Waals surface area contributed by atoms with Gasteiger partial charge in [0.25, 0.3) is 0 Å². The van der Waals surface area contributed by atoms with Crippen LogP contribution in [0.3, 0.4) is 0 Å². The smallest absolute Gasteiger partial charge is 0.402 e. The van der Waals surface area contributed by atoms with E-state index in [0.29, 0.717) is 6.54 Å². The Labute approximate surface area is 53.9 Å². The molecule has 0 radical (unpaired) electrons. The molecular formula is C3H12BNO4. The first kappa shape index (κ1) is 11.6. The molecular weight excluding hydrogens is 125 g/mol. The fourth-order valence-electron chi connectivity index (χ4n) is 0. The van der Waals surface area contributed by atoms with Crippen molar-refractivity contribution in [2.75, 3.05) is 6.54 Å². The molecule has 56 valence electrons. The molecule has 0 aromatic rings. The van der Waals surface area contributed by atoms with Crippen molar-refractivity contribution in [1.29, 1.82) is 0 Å². The van der Waals surface area contributed by atoms with E-state index in [2.05, 4.69) is 0 Å². The summed E-state index contributed by atoms with van der Waals surface area (Å²) in [5.74, 6) is 0. The van der Waals surface area contributed by atoms with Crippen molar-refractivity contribution in [3.05, 3.63) is 0 Å². The lowest BCUT2D eigenvalue weighted by Gasteiger charge is -1.91. The molecule has 5 nitrogen and oxygen atoms in total. The van der Waals surface area contributed by atoms with E-state index in [1.54, 1.807) is 6.92 Å². The fraction of sp³-hybridized carbons (Fsp3) is 1.00. The third kappa shape index (κ3) is 77.8. The lowest BCUT2D eigenvalue weighted by atomic mass is 10.3. The van der Waals surface area contributed by atoms with Crippen LogP contribution in [0.5, 0.6) is 0 Å². The van der Waals surface area contributed by atoms with Crippen molar-refractivity contribution in [2.24, 2.45) is 5.73 Å². The standard InChI is InChI=1S/C3H9NO.BH3O3/c1-3(5)2-4;2-1(3)4/h3,5H,2,4H2,1H3;2-4H. The summed E-state index contributed by atoms with van der Waals surface area (Å²) in [6, 6.07) is 0. The number of aliphatic hydroxyl groups is 1. The van der Waals surface area contributed by atoms with Gasteiger partial charge in [-0.05, 0) is 6.92 Å². The quantitative estimate of drug-likeness (QED) is 0.252. The molecule has 0 aliphatic carbocycles. The van der Waals surface area contributed by atoms with Gasteiger partial charge in [0.2, 0.25) is 0 Å². The van der Waals surface area contributed by atoms with Gasteiger partial charge in [-0.25, -0.2) is 0 Å². The highest BCUT2D eigenvalue weighted by Crippen LogP contribution is 1.65. The molecule has 0 spiro atoms. The van der Waals surface area contributed by atoms with Crippen LogP contribution in [0.15, 0.2) is 0 Å². The fourth-order valence-corrected chi connectivity index (χ4v) is 0. The summed E-state index contributed by atoms with van der Waals surface area (Å²) in [6.07, 6.45) is -0.338. The highest BCUT2D eigenvalue weighted by molar-refractivity contribution is 6.30. The van der Waals surface area contributed by atoms with Crippen molar-refractivity contribution in [1.82, 2.24) is 0 Å². The zero-order valence-electron chi connectivity index (χ0n) is 5.23. The van der Waals surface area contributed by atoms with Crippen LogP contribution < -0.4 is 5.73 Å². The van der Waals surface area contributed by atoms with E-state index < -0.39 is 7.32 Å². The minimum absolute atomic E-state index is 0.338. The molecule has 0 bridgehead atoms. The van der Waals surface area contributed by atoms with E-state index in [-0.39, 0.29) is 6.10 Å². The van der Waals surface area contributed by atoms with E-state index in [4.69, 9.17) is 25.9 Å². The van der Waals surface area contributed by atoms with E-state index in [1.165, 1.54) is 0 Å². The Morgan fingerprint density at radius 3 is 1.56 bits per heavy atom. The Morgan fingerprint density at radius 1 is 1.44 bits per heavy atom. The second-order valence-electron chi connectivity index (χ2n) is 1.43. The molecule has 0 saturated carbocycles. The average Bonchev–Trinajstić information content (AvgIpc) is 1.65. The van der Waals surface area contributed by atoms with Crippen LogP contribution in [0.4, 0.5) is 0 Å². The molecule has 0 heterocycles. The molecule has 1 atom stereocenters. The molecule has 0 rings (SSSR count). The first-order valence-electron chi connectivity index (χ1n) is 2.43. The topological polar surface area (TPSA) is 107 Å². The lowest BCUT2D eigenvalue weighted by molar-refractivity contribution is 0.203. The zero-order valence-corrected chi connectivity index (χ0v) is 5.23. The van der Waals surface area contributed by atoms with Crippen molar-refractivity contribution >= 4 is 7.32 Å². The van der Waals surface area contributed by atoms with Crippen LogP contribution in [-0.4, -0.2) is 40.1 Å². The van der Waals surface area contributed by atoms with Crippen molar-refractivity contribution in [2.45, 2.75) is 13.0 Å². The Morgan fingerprint density at radius 2 is 1.56 bits per heavy atom. The maximum Gasteiger partial charge on any atom is 0.631 e. The molecule has 9 heavy (non-hydrogen) atoms. The summed E-state index contributed by atoms with van der Waals surface area (Å²) in [5, 5.41) is 29.7. The second-order valence-corrected chi connectivity index (χ2v) is 1.43. The first-order valence-corrected chi connectivity index (χ1v) is 2.43. The van der Waals surface area contributed by atoms with Gasteiger partial charge in [-0.15, -0.1) is 0 Å². The van der Waals surface area contributed by atoms with Crippen molar-refractivity contribution < 1.29 is 20.2 Å². The largest absolute Gasteiger partial charge is 0.631 e. The molecule has 0 aromatic carbocycles. The van der Waals surface area contributed by atoms with E-state index in [9.17, 15) is 0 Å². The van der Waals surface area contributed by atoms with Gasteiger partial charge >= 0.3 is 7.32 Å². The van der Waals surface area contributed by atoms with Crippen LogP contribution in [0.25, 0.3) is 0 Å². The molecule has 0 amide bonds. The van der Waals surface area contributed by atoms with E-state index >= 15 is 0 Å². The van der Waals surface area contributed by atoms with E-state index in [0.717, 1.165) is 0 Å². The third-order valence-corrected chi connectivity index (χ3v) is 0.341. The molecule has 0 aliphatic heterocycles. The molecule has 0 fully saturated rings. The van der Waals surface area contributed by atoms with Crippen LogP contribution >= 0.6 is 0 Å². The van der Waals surface area contributed by atoms with Gasteiger partial charge in [-0.1, -0.05) is 0 Å².